The normalized spacial score (nSPS) is 11.6. The minimum Gasteiger partial charge on any atom is -0.326 e. The van der Waals surface area contributed by atoms with E-state index in [1.165, 1.54) is 0 Å². The second-order valence-corrected chi connectivity index (χ2v) is 5.41. The van der Waals surface area contributed by atoms with Crippen LogP contribution in [0.1, 0.15) is 13.8 Å². The standard InChI is InChI=1S/C13H14ClN3O3/c1-13(2,6-14)12(20)15-7-3-4-8-9(5-7)17-11(19)10(18)16-8/h3-5H,6H2,1-2H3,(H,15,20)(H,16,18)(H,17,19). The van der Waals surface area contributed by atoms with Crippen molar-refractivity contribution in [3.63, 3.8) is 0 Å². The minimum absolute atomic E-state index is 0.191. The monoisotopic (exact) mass is 295 g/mol. The van der Waals surface area contributed by atoms with Gasteiger partial charge in [0.2, 0.25) is 5.91 Å². The van der Waals surface area contributed by atoms with E-state index in [4.69, 9.17) is 11.6 Å². The molecule has 0 unspecified atom stereocenters. The molecule has 0 spiro atoms. The Labute approximate surface area is 119 Å². The fraction of sp³-hybridized carbons (Fsp3) is 0.308. The molecular formula is C13H14ClN3O3. The lowest BCUT2D eigenvalue weighted by atomic mass is 9.95. The summed E-state index contributed by atoms with van der Waals surface area (Å²) in [4.78, 5) is 39.3. The van der Waals surface area contributed by atoms with Gasteiger partial charge in [0, 0.05) is 11.6 Å². The first-order valence-corrected chi connectivity index (χ1v) is 6.51. The van der Waals surface area contributed by atoms with E-state index < -0.39 is 16.5 Å². The predicted octanol–water partition coefficient (Wildman–Crippen LogP) is 1.42. The largest absolute Gasteiger partial charge is 0.326 e. The van der Waals surface area contributed by atoms with E-state index in [2.05, 4.69) is 15.3 Å². The highest BCUT2D eigenvalue weighted by atomic mass is 35.5. The van der Waals surface area contributed by atoms with Crippen molar-refractivity contribution in [2.24, 2.45) is 5.41 Å². The quantitative estimate of drug-likeness (QED) is 0.590. The van der Waals surface area contributed by atoms with Gasteiger partial charge in [-0.05, 0) is 32.0 Å². The molecule has 0 bridgehead atoms. The van der Waals surface area contributed by atoms with E-state index in [1.54, 1.807) is 32.0 Å². The molecule has 0 aliphatic heterocycles. The number of fused-ring (bicyclic) bond motifs is 1. The number of halogens is 1. The zero-order valence-corrected chi connectivity index (χ0v) is 11.8. The molecule has 1 aromatic heterocycles. The Hall–Kier alpha value is -2.08. The molecule has 1 aromatic carbocycles. The van der Waals surface area contributed by atoms with Crippen molar-refractivity contribution in [1.82, 2.24) is 9.97 Å². The van der Waals surface area contributed by atoms with Crippen molar-refractivity contribution >= 4 is 34.2 Å². The first-order chi connectivity index (χ1) is 9.33. The molecule has 7 heteroatoms. The Kier molecular flexibility index (Phi) is 3.67. The van der Waals surface area contributed by atoms with Crippen LogP contribution in [0.3, 0.4) is 0 Å². The average Bonchev–Trinajstić information content (AvgIpc) is 2.40. The van der Waals surface area contributed by atoms with Crippen molar-refractivity contribution < 1.29 is 4.79 Å². The van der Waals surface area contributed by atoms with Gasteiger partial charge in [0.15, 0.2) is 0 Å². The van der Waals surface area contributed by atoms with Crippen LogP contribution in [-0.2, 0) is 4.79 Å². The molecule has 1 heterocycles. The molecule has 6 nitrogen and oxygen atoms in total. The van der Waals surface area contributed by atoms with Gasteiger partial charge in [-0.25, -0.2) is 0 Å². The number of amides is 1. The molecule has 0 fully saturated rings. The second kappa shape index (κ2) is 5.13. The molecule has 0 aliphatic rings. The molecule has 3 N–H and O–H groups in total. The number of hydrogen-bond acceptors (Lipinski definition) is 3. The number of anilines is 1. The highest BCUT2D eigenvalue weighted by molar-refractivity contribution is 6.20. The van der Waals surface area contributed by atoms with E-state index in [0.717, 1.165) is 0 Å². The highest BCUT2D eigenvalue weighted by Gasteiger charge is 2.26. The van der Waals surface area contributed by atoms with Crippen LogP contribution in [0.25, 0.3) is 11.0 Å². The van der Waals surface area contributed by atoms with Crippen molar-refractivity contribution in [2.45, 2.75) is 13.8 Å². The van der Waals surface area contributed by atoms with Crippen molar-refractivity contribution in [2.75, 3.05) is 11.2 Å². The molecule has 0 radical (unpaired) electrons. The first-order valence-electron chi connectivity index (χ1n) is 5.97. The lowest BCUT2D eigenvalue weighted by Crippen LogP contribution is -2.32. The van der Waals surface area contributed by atoms with Crippen LogP contribution in [-0.4, -0.2) is 21.8 Å². The summed E-state index contributed by atoms with van der Waals surface area (Å²) in [6.07, 6.45) is 0. The third kappa shape index (κ3) is 2.75. The number of rotatable bonds is 3. The number of aromatic nitrogens is 2. The SMILES string of the molecule is CC(C)(CCl)C(=O)Nc1ccc2[nH]c(=O)c(=O)[nH]c2c1. The molecule has 0 atom stereocenters. The second-order valence-electron chi connectivity index (χ2n) is 5.14. The third-order valence-electron chi connectivity index (χ3n) is 2.93. The Morgan fingerprint density at radius 3 is 2.40 bits per heavy atom. The minimum atomic E-state index is -0.734. The van der Waals surface area contributed by atoms with Gasteiger partial charge in [0.1, 0.15) is 0 Å². The Morgan fingerprint density at radius 1 is 1.20 bits per heavy atom. The van der Waals surface area contributed by atoms with Crippen molar-refractivity contribution in [1.29, 1.82) is 0 Å². The van der Waals surface area contributed by atoms with E-state index >= 15 is 0 Å². The van der Waals surface area contributed by atoms with Crippen LogP contribution in [0.5, 0.6) is 0 Å². The maximum absolute atomic E-state index is 12.0. The number of carbonyl (C=O) groups excluding carboxylic acids is 1. The molecule has 2 rings (SSSR count). The zero-order valence-electron chi connectivity index (χ0n) is 11.0. The van der Waals surface area contributed by atoms with Gasteiger partial charge in [-0.1, -0.05) is 0 Å². The molecule has 1 amide bonds. The Balaban J connectivity index is 2.38. The van der Waals surface area contributed by atoms with Gasteiger partial charge in [-0.15, -0.1) is 11.6 Å². The maximum Gasteiger partial charge on any atom is 0.314 e. The van der Waals surface area contributed by atoms with Crippen molar-refractivity contribution in [3.05, 3.63) is 38.9 Å². The number of H-pyrrole nitrogens is 2. The summed E-state index contributed by atoms with van der Waals surface area (Å²) in [5.41, 5.74) is -0.696. The predicted molar refractivity (Wildman–Crippen MR) is 78.3 cm³/mol. The summed E-state index contributed by atoms with van der Waals surface area (Å²) in [6.45, 7) is 3.46. The molecule has 0 saturated carbocycles. The number of alkyl halides is 1. The van der Waals surface area contributed by atoms with Crippen LogP contribution < -0.4 is 16.4 Å². The van der Waals surface area contributed by atoms with E-state index in [1.807, 2.05) is 0 Å². The van der Waals surface area contributed by atoms with Gasteiger partial charge in [-0.3, -0.25) is 14.4 Å². The average molecular weight is 296 g/mol. The maximum atomic E-state index is 12.0. The van der Waals surface area contributed by atoms with Crippen LogP contribution >= 0.6 is 11.6 Å². The Bertz CT molecular complexity index is 776. The summed E-state index contributed by atoms with van der Waals surface area (Å²) >= 11 is 5.74. The number of aromatic amines is 2. The van der Waals surface area contributed by atoms with E-state index in [9.17, 15) is 14.4 Å². The number of benzene rings is 1. The summed E-state index contributed by atoms with van der Waals surface area (Å²) in [5, 5.41) is 2.72. The molecule has 0 aliphatic carbocycles. The smallest absolute Gasteiger partial charge is 0.314 e. The lowest BCUT2D eigenvalue weighted by Gasteiger charge is -2.20. The summed E-state index contributed by atoms with van der Waals surface area (Å²) in [7, 11) is 0. The van der Waals surface area contributed by atoms with Gasteiger partial charge in [0.05, 0.1) is 16.4 Å². The van der Waals surface area contributed by atoms with Gasteiger partial charge in [-0.2, -0.15) is 0 Å². The zero-order chi connectivity index (χ0) is 14.9. The van der Waals surface area contributed by atoms with Crippen molar-refractivity contribution in [3.8, 4) is 0 Å². The molecule has 0 saturated heterocycles. The van der Waals surface area contributed by atoms with E-state index in [-0.39, 0.29) is 11.8 Å². The van der Waals surface area contributed by atoms with Gasteiger partial charge in [0.25, 0.3) is 0 Å². The molecule has 2 aromatic rings. The fourth-order valence-electron chi connectivity index (χ4n) is 1.55. The Morgan fingerprint density at radius 2 is 1.80 bits per heavy atom. The number of carbonyl (C=O) groups is 1. The fourth-order valence-corrected chi connectivity index (χ4v) is 1.67. The number of nitrogens with one attached hydrogen (secondary N) is 3. The van der Waals surface area contributed by atoms with E-state index in [0.29, 0.717) is 16.7 Å². The van der Waals surface area contributed by atoms with Gasteiger partial charge >= 0.3 is 11.1 Å². The van der Waals surface area contributed by atoms with Crippen LogP contribution in [0.4, 0.5) is 5.69 Å². The first kappa shape index (κ1) is 14.3. The summed E-state index contributed by atoms with van der Waals surface area (Å²) < 4.78 is 0. The van der Waals surface area contributed by atoms with Crippen LogP contribution in [0.15, 0.2) is 27.8 Å². The third-order valence-corrected chi connectivity index (χ3v) is 3.60. The topological polar surface area (TPSA) is 94.8 Å². The molecular weight excluding hydrogens is 282 g/mol. The summed E-state index contributed by atoms with van der Waals surface area (Å²) in [6, 6.07) is 4.82. The molecule has 20 heavy (non-hydrogen) atoms. The van der Waals surface area contributed by atoms with Crippen LogP contribution in [0, 0.1) is 5.41 Å². The number of hydrogen-bond donors (Lipinski definition) is 3. The van der Waals surface area contributed by atoms with Crippen LogP contribution in [0.2, 0.25) is 0 Å². The highest BCUT2D eigenvalue weighted by Crippen LogP contribution is 2.21. The lowest BCUT2D eigenvalue weighted by molar-refractivity contribution is -0.122. The molecule has 106 valence electrons. The van der Waals surface area contributed by atoms with Gasteiger partial charge < -0.3 is 15.3 Å². The summed E-state index contributed by atoms with van der Waals surface area (Å²) in [5.74, 6) is -0.0325.